The van der Waals surface area contributed by atoms with Gasteiger partial charge in [0.2, 0.25) is 10.0 Å². The summed E-state index contributed by atoms with van der Waals surface area (Å²) in [5, 5.41) is 0.446. The van der Waals surface area contributed by atoms with Crippen LogP contribution in [-0.4, -0.2) is 19.8 Å². The van der Waals surface area contributed by atoms with Crippen LogP contribution >= 0.6 is 0 Å². The van der Waals surface area contributed by atoms with Gasteiger partial charge in [-0.15, -0.1) is 0 Å². The van der Waals surface area contributed by atoms with Crippen LogP contribution in [0.3, 0.4) is 0 Å². The van der Waals surface area contributed by atoms with E-state index in [9.17, 15) is 22.0 Å². The van der Waals surface area contributed by atoms with Crippen LogP contribution in [0.2, 0.25) is 0 Å². The van der Waals surface area contributed by atoms with Gasteiger partial charge < -0.3 is 4.42 Å². The summed E-state index contributed by atoms with van der Waals surface area (Å²) in [5.41, 5.74) is -0.218. The van der Waals surface area contributed by atoms with Crippen LogP contribution in [-0.2, 0) is 16.6 Å². The predicted octanol–water partition coefficient (Wildman–Crippen LogP) is 2.89. The van der Waals surface area contributed by atoms with Crippen molar-refractivity contribution in [2.75, 3.05) is 7.05 Å². The van der Waals surface area contributed by atoms with E-state index >= 15 is 0 Å². The number of benzene rings is 2. The molecule has 0 N–H and O–H groups in total. The predicted molar refractivity (Wildman–Crippen MR) is 87.5 cm³/mol. The van der Waals surface area contributed by atoms with Gasteiger partial charge in [0.05, 0.1) is 4.90 Å². The topological polar surface area (TPSA) is 67.6 Å². The Morgan fingerprint density at radius 2 is 1.80 bits per heavy atom. The summed E-state index contributed by atoms with van der Waals surface area (Å²) in [4.78, 5) is 11.1. The smallest absolute Gasteiger partial charge is 0.336 e. The summed E-state index contributed by atoms with van der Waals surface area (Å²) in [6, 6.07) is 9.67. The van der Waals surface area contributed by atoms with Crippen molar-refractivity contribution < 1.29 is 21.6 Å². The number of hydrogen-bond donors (Lipinski definition) is 0. The molecule has 1 heterocycles. The van der Waals surface area contributed by atoms with Gasteiger partial charge in [-0.05, 0) is 30.3 Å². The lowest BCUT2D eigenvalue weighted by molar-refractivity contribution is 0.455. The monoisotopic (exact) mass is 365 g/mol. The molecule has 0 aliphatic carbocycles. The molecule has 0 amide bonds. The maximum atomic E-state index is 13.7. The highest BCUT2D eigenvalue weighted by molar-refractivity contribution is 7.89. The molecule has 25 heavy (non-hydrogen) atoms. The Morgan fingerprint density at radius 3 is 2.52 bits per heavy atom. The van der Waals surface area contributed by atoms with E-state index in [0.29, 0.717) is 11.5 Å². The number of sulfonamides is 1. The number of rotatable bonds is 4. The van der Waals surface area contributed by atoms with Crippen LogP contribution in [0, 0.1) is 11.6 Å². The lowest BCUT2D eigenvalue weighted by Crippen LogP contribution is -2.27. The Labute approximate surface area is 142 Å². The highest BCUT2D eigenvalue weighted by Gasteiger charge is 2.22. The largest absolute Gasteiger partial charge is 0.423 e. The van der Waals surface area contributed by atoms with E-state index < -0.39 is 27.3 Å². The third kappa shape index (κ3) is 3.45. The van der Waals surface area contributed by atoms with Gasteiger partial charge in [-0.2, -0.15) is 4.31 Å². The van der Waals surface area contributed by atoms with Crippen molar-refractivity contribution in [1.82, 2.24) is 4.31 Å². The molecule has 1 aromatic heterocycles. The number of hydrogen-bond acceptors (Lipinski definition) is 4. The van der Waals surface area contributed by atoms with Gasteiger partial charge in [0.15, 0.2) is 0 Å². The van der Waals surface area contributed by atoms with Crippen molar-refractivity contribution in [3.63, 3.8) is 0 Å². The number of halogens is 2. The van der Waals surface area contributed by atoms with Crippen LogP contribution in [0.25, 0.3) is 11.0 Å². The fourth-order valence-electron chi connectivity index (χ4n) is 2.37. The molecule has 0 bridgehead atoms. The van der Waals surface area contributed by atoms with Gasteiger partial charge in [0, 0.05) is 36.7 Å². The molecule has 0 aliphatic heterocycles. The van der Waals surface area contributed by atoms with Gasteiger partial charge in [-0.25, -0.2) is 22.0 Å². The maximum Gasteiger partial charge on any atom is 0.336 e. The Bertz CT molecular complexity index is 1110. The standard InChI is InChI=1S/C17H13F2NO4S/c1-20(10-12-2-4-13(18)9-15(12)19)25(22,23)14-5-6-16-11(8-14)3-7-17(21)24-16/h2-9H,10H2,1H3. The van der Waals surface area contributed by atoms with E-state index in [4.69, 9.17) is 4.42 Å². The SMILES string of the molecule is CN(Cc1ccc(F)cc1F)S(=O)(=O)c1ccc2oc(=O)ccc2c1. The van der Waals surface area contributed by atoms with Crippen LogP contribution in [0.15, 0.2) is 62.6 Å². The summed E-state index contributed by atoms with van der Waals surface area (Å²) in [7, 11) is -2.61. The van der Waals surface area contributed by atoms with E-state index in [1.807, 2.05) is 0 Å². The van der Waals surface area contributed by atoms with Crippen molar-refractivity contribution in [3.05, 3.63) is 76.1 Å². The molecule has 0 saturated carbocycles. The normalized spacial score (nSPS) is 12.0. The molecule has 5 nitrogen and oxygen atoms in total. The molecule has 8 heteroatoms. The highest BCUT2D eigenvalue weighted by atomic mass is 32.2. The second-order valence-electron chi connectivity index (χ2n) is 5.45. The summed E-state index contributed by atoms with van der Waals surface area (Å²) in [6.45, 7) is -0.254. The second kappa shape index (κ2) is 6.38. The lowest BCUT2D eigenvalue weighted by Gasteiger charge is -2.18. The molecule has 0 radical (unpaired) electrons. The van der Waals surface area contributed by atoms with E-state index in [0.717, 1.165) is 10.4 Å². The van der Waals surface area contributed by atoms with Crippen LogP contribution in [0.4, 0.5) is 8.78 Å². The Morgan fingerprint density at radius 1 is 1.04 bits per heavy atom. The zero-order valence-electron chi connectivity index (χ0n) is 13.1. The summed E-state index contributed by atoms with van der Waals surface area (Å²) in [5.74, 6) is -1.55. The highest BCUT2D eigenvalue weighted by Crippen LogP contribution is 2.22. The zero-order valence-corrected chi connectivity index (χ0v) is 13.9. The first-order valence-electron chi connectivity index (χ1n) is 7.21. The molecule has 0 fully saturated rings. The molecule has 0 saturated heterocycles. The number of fused-ring (bicyclic) bond motifs is 1. The summed E-state index contributed by atoms with van der Waals surface area (Å²) < 4.78 is 58.0. The Hall–Kier alpha value is -2.58. The molecule has 2 aromatic carbocycles. The van der Waals surface area contributed by atoms with E-state index in [2.05, 4.69) is 0 Å². The average Bonchev–Trinajstić information content (AvgIpc) is 2.56. The van der Waals surface area contributed by atoms with Gasteiger partial charge in [0.1, 0.15) is 17.2 Å². The van der Waals surface area contributed by atoms with Crippen molar-refractivity contribution in [3.8, 4) is 0 Å². The molecule has 0 atom stereocenters. The third-order valence-corrected chi connectivity index (χ3v) is 5.51. The Balaban J connectivity index is 1.94. The van der Waals surface area contributed by atoms with Crippen molar-refractivity contribution in [2.24, 2.45) is 0 Å². The second-order valence-corrected chi connectivity index (χ2v) is 7.50. The minimum absolute atomic E-state index is 0.0288. The van der Waals surface area contributed by atoms with Gasteiger partial charge in [-0.1, -0.05) is 6.07 Å². The fraction of sp³-hybridized carbons (Fsp3) is 0.118. The zero-order chi connectivity index (χ0) is 18.2. The molecular weight excluding hydrogens is 352 g/mol. The first-order chi connectivity index (χ1) is 11.8. The third-order valence-electron chi connectivity index (χ3n) is 3.71. The van der Waals surface area contributed by atoms with Gasteiger partial charge >= 0.3 is 5.63 Å². The average molecular weight is 365 g/mol. The molecule has 3 rings (SSSR count). The van der Waals surface area contributed by atoms with Crippen LogP contribution in [0.1, 0.15) is 5.56 Å². The van der Waals surface area contributed by atoms with E-state index in [1.165, 1.54) is 43.4 Å². The molecular formula is C17H13F2NO4S. The fourth-order valence-corrected chi connectivity index (χ4v) is 3.55. The van der Waals surface area contributed by atoms with Gasteiger partial charge in [-0.3, -0.25) is 0 Å². The van der Waals surface area contributed by atoms with Crippen molar-refractivity contribution in [1.29, 1.82) is 0 Å². The Kier molecular flexibility index (Phi) is 4.40. The minimum Gasteiger partial charge on any atom is -0.423 e. The first-order valence-corrected chi connectivity index (χ1v) is 8.65. The van der Waals surface area contributed by atoms with Crippen LogP contribution in [0.5, 0.6) is 0 Å². The molecule has 0 spiro atoms. The van der Waals surface area contributed by atoms with Crippen molar-refractivity contribution in [2.45, 2.75) is 11.4 Å². The minimum atomic E-state index is -3.91. The molecule has 130 valence electrons. The summed E-state index contributed by atoms with van der Waals surface area (Å²) in [6.07, 6.45) is 0. The maximum absolute atomic E-state index is 13.7. The van der Waals surface area contributed by atoms with Crippen LogP contribution < -0.4 is 5.63 Å². The lowest BCUT2D eigenvalue weighted by atomic mass is 10.2. The number of nitrogens with zero attached hydrogens (tertiary/aromatic N) is 1. The van der Waals surface area contributed by atoms with Gasteiger partial charge in [0.25, 0.3) is 0 Å². The molecule has 0 unspecified atom stereocenters. The molecule has 3 aromatic rings. The first kappa shape index (κ1) is 17.2. The van der Waals surface area contributed by atoms with E-state index in [-0.39, 0.29) is 22.6 Å². The molecule has 0 aliphatic rings. The quantitative estimate of drug-likeness (QED) is 0.667. The van der Waals surface area contributed by atoms with Crippen molar-refractivity contribution >= 4 is 21.0 Å². The summed E-state index contributed by atoms with van der Waals surface area (Å²) >= 11 is 0. The van der Waals surface area contributed by atoms with E-state index in [1.54, 1.807) is 0 Å².